The summed E-state index contributed by atoms with van der Waals surface area (Å²) in [5.41, 5.74) is 4.65. The van der Waals surface area contributed by atoms with E-state index in [4.69, 9.17) is 4.42 Å². The fraction of sp³-hybridized carbons (Fsp3) is 0.393. The van der Waals surface area contributed by atoms with Gasteiger partial charge >= 0.3 is 6.03 Å². The van der Waals surface area contributed by atoms with Crippen LogP contribution in [0.3, 0.4) is 0 Å². The summed E-state index contributed by atoms with van der Waals surface area (Å²) < 4.78 is 5.26. The minimum Gasteiger partial charge on any atom is -0.507 e. The summed E-state index contributed by atoms with van der Waals surface area (Å²) in [6.07, 6.45) is 3.16. The Morgan fingerprint density at radius 1 is 0.909 bits per heavy atom. The van der Waals surface area contributed by atoms with Crippen molar-refractivity contribution in [3.8, 4) is 5.75 Å². The quantitative estimate of drug-likeness (QED) is 0.393. The number of nitrogens with one attached hydrogen (secondary N) is 2. The summed E-state index contributed by atoms with van der Waals surface area (Å²) in [7, 11) is 0. The lowest BCUT2D eigenvalue weighted by Gasteiger charge is -2.28. The molecule has 2 aromatic carbocycles. The van der Waals surface area contributed by atoms with Gasteiger partial charge in [-0.05, 0) is 64.1 Å². The van der Waals surface area contributed by atoms with Gasteiger partial charge in [0.2, 0.25) is 0 Å². The minimum atomic E-state index is -0.270. The van der Waals surface area contributed by atoms with Crippen LogP contribution >= 0.6 is 0 Å². The molecule has 0 saturated carbocycles. The van der Waals surface area contributed by atoms with Crippen LogP contribution in [0.5, 0.6) is 5.75 Å². The lowest BCUT2D eigenvalue weighted by Crippen LogP contribution is -2.28. The van der Waals surface area contributed by atoms with Crippen molar-refractivity contribution in [1.82, 2.24) is 5.32 Å². The van der Waals surface area contributed by atoms with Gasteiger partial charge in [-0.2, -0.15) is 0 Å². The molecule has 0 fully saturated rings. The van der Waals surface area contributed by atoms with Crippen molar-refractivity contribution >= 4 is 11.7 Å². The Morgan fingerprint density at radius 3 is 2.12 bits per heavy atom. The molecule has 2 amide bonds. The number of amides is 2. The van der Waals surface area contributed by atoms with Crippen molar-refractivity contribution in [2.75, 3.05) is 5.32 Å². The monoisotopic (exact) mass is 448 g/mol. The summed E-state index contributed by atoms with van der Waals surface area (Å²) in [6.45, 7) is 13.1. The molecule has 5 nitrogen and oxygen atoms in total. The molecule has 0 radical (unpaired) electrons. The van der Waals surface area contributed by atoms with Crippen LogP contribution in [-0.2, 0) is 30.2 Å². The Balaban J connectivity index is 1.77. The lowest BCUT2D eigenvalue weighted by molar-refractivity contribution is 0.251. The van der Waals surface area contributed by atoms with E-state index in [1.807, 2.05) is 30.3 Å². The average molecular weight is 449 g/mol. The second-order valence-electron chi connectivity index (χ2n) is 10.6. The van der Waals surface area contributed by atoms with E-state index in [1.54, 1.807) is 12.3 Å². The number of anilines is 1. The Morgan fingerprint density at radius 2 is 1.55 bits per heavy atom. The lowest BCUT2D eigenvalue weighted by atomic mass is 9.78. The van der Waals surface area contributed by atoms with Crippen LogP contribution < -0.4 is 10.6 Å². The van der Waals surface area contributed by atoms with Crippen molar-refractivity contribution in [2.45, 2.75) is 71.8 Å². The van der Waals surface area contributed by atoms with Crippen LogP contribution in [0.25, 0.3) is 0 Å². The van der Waals surface area contributed by atoms with Gasteiger partial charge in [-0.25, -0.2) is 4.79 Å². The molecule has 0 saturated heterocycles. The maximum atomic E-state index is 12.4. The maximum absolute atomic E-state index is 12.4. The third-order valence-corrected chi connectivity index (χ3v) is 5.74. The van der Waals surface area contributed by atoms with Crippen molar-refractivity contribution in [3.63, 3.8) is 0 Å². The minimum absolute atomic E-state index is 0.161. The van der Waals surface area contributed by atoms with Crippen molar-refractivity contribution in [2.24, 2.45) is 0 Å². The molecule has 1 aromatic heterocycles. The highest BCUT2D eigenvalue weighted by Crippen LogP contribution is 2.40. The number of carbonyl (C=O) groups excluding carboxylic acids is 1. The highest BCUT2D eigenvalue weighted by molar-refractivity contribution is 5.90. The van der Waals surface area contributed by atoms with Crippen LogP contribution in [0, 0.1) is 0 Å². The Labute approximate surface area is 197 Å². The summed E-state index contributed by atoms with van der Waals surface area (Å²) in [5.74, 6) is 1.10. The number of urea groups is 1. The number of aromatic hydroxyl groups is 1. The van der Waals surface area contributed by atoms with E-state index in [0.29, 0.717) is 18.1 Å². The predicted molar refractivity (Wildman–Crippen MR) is 134 cm³/mol. The fourth-order valence-electron chi connectivity index (χ4n) is 3.87. The molecule has 0 unspecified atom stereocenters. The van der Waals surface area contributed by atoms with Crippen molar-refractivity contribution in [1.29, 1.82) is 0 Å². The molecule has 3 aromatic rings. The highest BCUT2D eigenvalue weighted by Gasteiger charge is 2.26. The molecule has 0 atom stereocenters. The number of phenols is 1. The topological polar surface area (TPSA) is 74.5 Å². The van der Waals surface area contributed by atoms with Gasteiger partial charge in [-0.15, -0.1) is 0 Å². The first-order valence-corrected chi connectivity index (χ1v) is 11.5. The standard InChI is InChI=1S/C28H36N2O3/c1-27(2,3)22-16-19(17-23(25(22)31)28(4,5)6)13-14-20-10-7-8-12-24(20)30-26(32)29-18-21-11-9-15-33-21/h7-12,15-17,31H,13-14,18H2,1-6H3,(H2,29,30,32). The molecule has 0 aliphatic carbocycles. The number of hydrogen-bond acceptors (Lipinski definition) is 3. The predicted octanol–water partition coefficient (Wildman–Crippen LogP) is 6.69. The Bertz CT molecular complexity index is 1050. The van der Waals surface area contributed by atoms with Gasteiger partial charge in [0.25, 0.3) is 0 Å². The number of para-hydroxylation sites is 1. The maximum Gasteiger partial charge on any atom is 0.319 e. The van der Waals surface area contributed by atoms with Gasteiger partial charge < -0.3 is 20.2 Å². The molecule has 3 N–H and O–H groups in total. The summed E-state index contributed by atoms with van der Waals surface area (Å²) in [6, 6.07) is 15.5. The van der Waals surface area contributed by atoms with Crippen LogP contribution in [0.2, 0.25) is 0 Å². The van der Waals surface area contributed by atoms with E-state index in [9.17, 15) is 9.90 Å². The average Bonchev–Trinajstić information content (AvgIpc) is 3.24. The molecule has 0 spiro atoms. The second kappa shape index (κ2) is 9.74. The Kier molecular flexibility index (Phi) is 7.21. The SMILES string of the molecule is CC(C)(C)c1cc(CCc2ccccc2NC(=O)NCc2ccco2)cc(C(C)(C)C)c1O. The third kappa shape index (κ3) is 6.41. The number of phenolic OH excluding ortho intramolecular Hbond substituents is 1. The second-order valence-corrected chi connectivity index (χ2v) is 10.6. The number of hydrogen-bond donors (Lipinski definition) is 3. The van der Waals surface area contributed by atoms with E-state index in [1.165, 1.54) is 5.56 Å². The van der Waals surface area contributed by atoms with Gasteiger partial charge in [0.15, 0.2) is 0 Å². The van der Waals surface area contributed by atoms with E-state index in [0.717, 1.165) is 35.2 Å². The van der Waals surface area contributed by atoms with Gasteiger partial charge in [0.05, 0.1) is 12.8 Å². The van der Waals surface area contributed by atoms with Gasteiger partial charge in [0.1, 0.15) is 11.5 Å². The number of aryl methyl sites for hydroxylation is 2. The zero-order valence-corrected chi connectivity index (χ0v) is 20.6. The third-order valence-electron chi connectivity index (χ3n) is 5.74. The summed E-state index contributed by atoms with van der Waals surface area (Å²) in [4.78, 5) is 12.4. The molecule has 0 aliphatic heterocycles. The van der Waals surface area contributed by atoms with Crippen LogP contribution in [0.15, 0.2) is 59.2 Å². The van der Waals surface area contributed by atoms with Crippen LogP contribution in [0.1, 0.15) is 69.6 Å². The van der Waals surface area contributed by atoms with E-state index in [-0.39, 0.29) is 16.9 Å². The zero-order valence-electron chi connectivity index (χ0n) is 20.6. The number of carbonyl (C=O) groups is 1. The van der Waals surface area contributed by atoms with E-state index < -0.39 is 0 Å². The molecule has 1 heterocycles. The summed E-state index contributed by atoms with van der Waals surface area (Å²) in [5, 5.41) is 16.7. The van der Waals surface area contributed by atoms with Gasteiger partial charge in [-0.1, -0.05) is 71.9 Å². The van der Waals surface area contributed by atoms with Gasteiger partial charge in [-0.3, -0.25) is 0 Å². The number of rotatable bonds is 6. The fourth-order valence-corrected chi connectivity index (χ4v) is 3.87. The smallest absolute Gasteiger partial charge is 0.319 e. The molecule has 5 heteroatoms. The molecular formula is C28H36N2O3. The Hall–Kier alpha value is -3.21. The molecule has 0 bridgehead atoms. The molecular weight excluding hydrogens is 412 g/mol. The first kappa shape index (κ1) is 24.4. The molecule has 0 aliphatic rings. The summed E-state index contributed by atoms with van der Waals surface area (Å²) >= 11 is 0. The molecule has 33 heavy (non-hydrogen) atoms. The zero-order chi connectivity index (χ0) is 24.2. The first-order valence-electron chi connectivity index (χ1n) is 11.5. The van der Waals surface area contributed by atoms with Crippen molar-refractivity contribution in [3.05, 3.63) is 82.8 Å². The largest absolute Gasteiger partial charge is 0.507 e. The molecule has 3 rings (SSSR count). The molecule has 176 valence electrons. The van der Waals surface area contributed by atoms with Crippen LogP contribution in [-0.4, -0.2) is 11.1 Å². The van der Waals surface area contributed by atoms with Crippen molar-refractivity contribution < 1.29 is 14.3 Å². The normalized spacial score (nSPS) is 11.9. The van der Waals surface area contributed by atoms with E-state index >= 15 is 0 Å². The first-order chi connectivity index (χ1) is 15.4. The number of benzene rings is 2. The van der Waals surface area contributed by atoms with Crippen LogP contribution in [0.4, 0.5) is 10.5 Å². The highest BCUT2D eigenvalue weighted by atomic mass is 16.3. The number of furan rings is 1. The van der Waals surface area contributed by atoms with E-state index in [2.05, 4.69) is 64.3 Å². The van der Waals surface area contributed by atoms with Gasteiger partial charge in [0, 0.05) is 5.69 Å².